The summed E-state index contributed by atoms with van der Waals surface area (Å²) in [7, 11) is 0. The van der Waals surface area contributed by atoms with E-state index in [-0.39, 0.29) is 18.3 Å². The number of ether oxygens (including phenoxy) is 1. The largest absolute Gasteiger partial charge is 0.487 e. The molecule has 0 saturated carbocycles. The number of rotatable bonds is 7. The minimum atomic E-state index is -0.0531. The van der Waals surface area contributed by atoms with Gasteiger partial charge in [0, 0.05) is 22.4 Å². The molecule has 2 aromatic carbocycles. The van der Waals surface area contributed by atoms with Crippen molar-refractivity contribution in [2.24, 2.45) is 0 Å². The lowest BCUT2D eigenvalue weighted by molar-refractivity contribution is -0.120. The molecule has 0 radical (unpaired) electrons. The van der Waals surface area contributed by atoms with Gasteiger partial charge in [0.05, 0.1) is 22.2 Å². The summed E-state index contributed by atoms with van der Waals surface area (Å²) < 4.78 is 5.95. The number of likely N-dealkylation sites (N-methyl/N-ethyl adjacent to an activating group) is 1. The number of amides is 1. The van der Waals surface area contributed by atoms with Crippen molar-refractivity contribution >= 4 is 56.6 Å². The number of carbonyl (C=O) groups excluding carboxylic acids is 1. The quantitative estimate of drug-likeness (QED) is 0.359. The molecule has 32 heavy (non-hydrogen) atoms. The molecule has 4 aromatic rings. The molecule has 2 aromatic heterocycles. The fourth-order valence-electron chi connectivity index (χ4n) is 3.25. The molecule has 0 aliphatic heterocycles. The number of nitrogens with two attached hydrogens (primary N) is 1. The Morgan fingerprint density at radius 1 is 1.12 bits per heavy atom. The van der Waals surface area contributed by atoms with Crippen LogP contribution in [0.15, 0.2) is 48.5 Å². The van der Waals surface area contributed by atoms with E-state index >= 15 is 0 Å². The second-order valence-electron chi connectivity index (χ2n) is 7.03. The average Bonchev–Trinajstić information content (AvgIpc) is 3.15. The maximum Gasteiger partial charge on any atom is 0.225 e. The third-order valence-corrected chi connectivity index (χ3v) is 6.32. The van der Waals surface area contributed by atoms with Crippen LogP contribution in [-0.2, 0) is 17.8 Å². The third-order valence-electron chi connectivity index (χ3n) is 4.68. The number of aromatic nitrogens is 2. The molecule has 0 bridgehead atoms. The van der Waals surface area contributed by atoms with Crippen LogP contribution in [0.1, 0.15) is 17.4 Å². The Labute approximate surface area is 199 Å². The monoisotopic (exact) mass is 486 g/mol. The highest BCUT2D eigenvalue weighted by molar-refractivity contribution is 7.18. The number of halogens is 2. The van der Waals surface area contributed by atoms with E-state index < -0.39 is 0 Å². The first kappa shape index (κ1) is 22.3. The van der Waals surface area contributed by atoms with E-state index in [4.69, 9.17) is 33.7 Å². The van der Waals surface area contributed by atoms with Gasteiger partial charge in [-0.15, -0.1) is 11.3 Å². The van der Waals surface area contributed by atoms with Crippen molar-refractivity contribution in [3.63, 3.8) is 0 Å². The van der Waals surface area contributed by atoms with Crippen molar-refractivity contribution in [3.05, 3.63) is 69.0 Å². The Kier molecular flexibility index (Phi) is 6.79. The van der Waals surface area contributed by atoms with Gasteiger partial charge in [-0.3, -0.25) is 4.79 Å². The van der Waals surface area contributed by atoms with Gasteiger partial charge in [0.2, 0.25) is 11.9 Å². The maximum atomic E-state index is 12.0. The van der Waals surface area contributed by atoms with Crippen LogP contribution in [0, 0.1) is 0 Å². The molecule has 1 amide bonds. The lowest BCUT2D eigenvalue weighted by Crippen LogP contribution is -2.23. The average molecular weight is 487 g/mol. The first-order valence-corrected chi connectivity index (χ1v) is 11.5. The van der Waals surface area contributed by atoms with E-state index in [0.717, 1.165) is 15.8 Å². The summed E-state index contributed by atoms with van der Waals surface area (Å²) in [6.07, 6.45) is 0.258. The van der Waals surface area contributed by atoms with E-state index in [1.54, 1.807) is 12.1 Å². The normalized spacial score (nSPS) is 11.0. The molecule has 0 aliphatic rings. The molecular weight excluding hydrogens is 467 g/mol. The number of benzene rings is 2. The highest BCUT2D eigenvalue weighted by Gasteiger charge is 2.18. The summed E-state index contributed by atoms with van der Waals surface area (Å²) in [4.78, 5) is 22.3. The fraction of sp³-hybridized carbons (Fsp3) is 0.174. The number of hydrogen-bond donors (Lipinski definition) is 2. The molecule has 6 nitrogen and oxygen atoms in total. The zero-order valence-electron chi connectivity index (χ0n) is 17.2. The minimum absolute atomic E-state index is 0.0531. The summed E-state index contributed by atoms with van der Waals surface area (Å²) in [5.74, 6) is 0.553. The highest BCUT2D eigenvalue weighted by atomic mass is 35.5. The van der Waals surface area contributed by atoms with E-state index in [9.17, 15) is 4.79 Å². The van der Waals surface area contributed by atoms with Crippen LogP contribution < -0.4 is 15.8 Å². The fourth-order valence-corrected chi connectivity index (χ4v) is 4.82. The third kappa shape index (κ3) is 4.96. The molecule has 2 heterocycles. The Balaban J connectivity index is 1.72. The van der Waals surface area contributed by atoms with Gasteiger partial charge in [-0.05, 0) is 30.7 Å². The second kappa shape index (κ2) is 9.73. The molecule has 4 rings (SSSR count). The predicted octanol–water partition coefficient (Wildman–Crippen LogP) is 5.50. The van der Waals surface area contributed by atoms with Crippen LogP contribution >= 0.6 is 34.5 Å². The summed E-state index contributed by atoms with van der Waals surface area (Å²) in [5, 5.41) is 4.38. The molecular formula is C23H20Cl2N4O2S. The van der Waals surface area contributed by atoms with Crippen molar-refractivity contribution in [1.29, 1.82) is 0 Å². The van der Waals surface area contributed by atoms with Crippen molar-refractivity contribution in [1.82, 2.24) is 15.3 Å². The topological polar surface area (TPSA) is 90.1 Å². The number of hydrogen-bond acceptors (Lipinski definition) is 6. The lowest BCUT2D eigenvalue weighted by Gasteiger charge is -2.12. The molecule has 0 atom stereocenters. The molecule has 0 aliphatic carbocycles. The Morgan fingerprint density at radius 3 is 2.66 bits per heavy atom. The number of nitrogens with zero attached hydrogens (tertiary/aromatic N) is 2. The van der Waals surface area contributed by atoms with Gasteiger partial charge in [-0.1, -0.05) is 53.5 Å². The van der Waals surface area contributed by atoms with Crippen LogP contribution in [0.5, 0.6) is 5.75 Å². The van der Waals surface area contributed by atoms with Gasteiger partial charge in [-0.2, -0.15) is 0 Å². The molecule has 0 unspecified atom stereocenters. The van der Waals surface area contributed by atoms with Crippen molar-refractivity contribution in [2.45, 2.75) is 20.0 Å². The van der Waals surface area contributed by atoms with Crippen LogP contribution in [0.25, 0.3) is 21.5 Å². The predicted molar refractivity (Wildman–Crippen MR) is 130 cm³/mol. The number of thiophene rings is 1. The number of anilines is 1. The van der Waals surface area contributed by atoms with Crippen LogP contribution in [-0.4, -0.2) is 22.4 Å². The zero-order chi connectivity index (χ0) is 22.7. The first-order chi connectivity index (χ1) is 15.4. The molecule has 0 spiro atoms. The number of carbonyl (C=O) groups is 1. The summed E-state index contributed by atoms with van der Waals surface area (Å²) >= 11 is 14.3. The number of fused-ring (bicyclic) bond motifs is 1. The van der Waals surface area contributed by atoms with E-state index in [2.05, 4.69) is 15.3 Å². The number of nitrogen functional groups attached to an aromatic ring is 1. The van der Waals surface area contributed by atoms with E-state index in [0.29, 0.717) is 45.0 Å². The van der Waals surface area contributed by atoms with Gasteiger partial charge in [0.25, 0.3) is 0 Å². The summed E-state index contributed by atoms with van der Waals surface area (Å²) in [5.41, 5.74) is 8.19. The van der Waals surface area contributed by atoms with Gasteiger partial charge in [0.1, 0.15) is 17.2 Å². The van der Waals surface area contributed by atoms with E-state index in [1.807, 2.05) is 43.3 Å². The highest BCUT2D eigenvalue weighted by Crippen LogP contribution is 2.40. The number of nitrogens with one attached hydrogen (secondary N) is 1. The lowest BCUT2D eigenvalue weighted by atomic mass is 10.1. The Morgan fingerprint density at radius 2 is 1.91 bits per heavy atom. The van der Waals surface area contributed by atoms with Gasteiger partial charge in [0.15, 0.2) is 0 Å². The standard InChI is InChI=1S/C23H20Cl2N4O2S/c1-2-27-20(30)9-14-8-16-21(28-23(26)29-22(16)32-14)15-10-19(18(25)11-17(15)24)31-12-13-6-4-3-5-7-13/h3-8,10-11H,2,9,12H2,1H3,(H,27,30)(H2,26,28,29). The summed E-state index contributed by atoms with van der Waals surface area (Å²) in [6, 6.07) is 15.1. The first-order valence-electron chi connectivity index (χ1n) is 9.93. The molecule has 0 fully saturated rings. The van der Waals surface area contributed by atoms with Gasteiger partial charge >= 0.3 is 0 Å². The van der Waals surface area contributed by atoms with Crippen LogP contribution in [0.2, 0.25) is 10.0 Å². The molecule has 164 valence electrons. The van der Waals surface area contributed by atoms with Gasteiger partial charge in [-0.25, -0.2) is 9.97 Å². The Hall–Kier alpha value is -2.87. The minimum Gasteiger partial charge on any atom is -0.487 e. The van der Waals surface area contributed by atoms with Crippen molar-refractivity contribution in [3.8, 4) is 17.0 Å². The molecule has 0 saturated heterocycles. The zero-order valence-corrected chi connectivity index (χ0v) is 19.5. The maximum absolute atomic E-state index is 12.0. The smallest absolute Gasteiger partial charge is 0.225 e. The molecule has 3 N–H and O–H groups in total. The van der Waals surface area contributed by atoms with Crippen LogP contribution in [0.4, 0.5) is 5.95 Å². The molecule has 9 heteroatoms. The SMILES string of the molecule is CCNC(=O)Cc1cc2c(-c3cc(OCc4ccccc4)c(Cl)cc3Cl)nc(N)nc2s1. The van der Waals surface area contributed by atoms with Gasteiger partial charge < -0.3 is 15.8 Å². The van der Waals surface area contributed by atoms with E-state index in [1.165, 1.54) is 11.3 Å². The summed E-state index contributed by atoms with van der Waals surface area (Å²) in [6.45, 7) is 2.82. The Bertz CT molecular complexity index is 1280. The van der Waals surface area contributed by atoms with Crippen molar-refractivity contribution < 1.29 is 9.53 Å². The van der Waals surface area contributed by atoms with Crippen molar-refractivity contribution in [2.75, 3.05) is 12.3 Å². The second-order valence-corrected chi connectivity index (χ2v) is 8.96. The van der Waals surface area contributed by atoms with Crippen LogP contribution in [0.3, 0.4) is 0 Å².